The van der Waals surface area contributed by atoms with E-state index in [2.05, 4.69) is 154 Å². The Morgan fingerprint density at radius 3 is 1.78 bits per heavy atom. The molecule has 0 amide bonds. The van der Waals surface area contributed by atoms with E-state index in [1.165, 1.54) is 65.6 Å². The van der Waals surface area contributed by atoms with Gasteiger partial charge in [0.15, 0.2) is 0 Å². The molecule has 1 aliphatic heterocycles. The first-order valence-electron chi connectivity index (χ1n) is 14.1. The van der Waals surface area contributed by atoms with E-state index < -0.39 is 0 Å². The molecule has 2 atom stereocenters. The maximum absolute atomic E-state index is 4.93. The normalized spacial score (nSPS) is 17.1. The van der Waals surface area contributed by atoms with E-state index in [4.69, 9.17) is 4.99 Å². The minimum atomic E-state index is -0.0778. The summed E-state index contributed by atoms with van der Waals surface area (Å²) in [7, 11) is 0. The number of nitrogens with zero attached hydrogens (tertiary/aromatic N) is 3. The molecule has 0 saturated carbocycles. The van der Waals surface area contributed by atoms with Gasteiger partial charge in [0.2, 0.25) is 0 Å². The van der Waals surface area contributed by atoms with Crippen LogP contribution in [-0.2, 0) is 0 Å². The molecule has 4 nitrogen and oxygen atoms in total. The van der Waals surface area contributed by atoms with Crippen molar-refractivity contribution >= 4 is 60.6 Å². The van der Waals surface area contributed by atoms with Crippen molar-refractivity contribution < 1.29 is 0 Å². The zero-order valence-corrected chi connectivity index (χ0v) is 22.3. The van der Waals surface area contributed by atoms with Crippen molar-refractivity contribution in [3.63, 3.8) is 0 Å². The van der Waals surface area contributed by atoms with Gasteiger partial charge in [0.25, 0.3) is 0 Å². The fourth-order valence-electron chi connectivity index (χ4n) is 6.93. The van der Waals surface area contributed by atoms with Crippen LogP contribution in [0.4, 0.5) is 0 Å². The second-order valence-corrected chi connectivity index (χ2v) is 10.8. The van der Waals surface area contributed by atoms with Crippen molar-refractivity contribution in [2.45, 2.75) is 12.3 Å². The van der Waals surface area contributed by atoms with Gasteiger partial charge in [0.05, 0.1) is 22.1 Å². The van der Waals surface area contributed by atoms with Crippen LogP contribution in [-0.4, -0.2) is 15.3 Å². The molecular formula is C37H26N4. The molecule has 9 rings (SSSR count). The van der Waals surface area contributed by atoms with Gasteiger partial charge in [-0.05, 0) is 29.8 Å². The predicted molar refractivity (Wildman–Crippen MR) is 171 cm³/mol. The molecular weight excluding hydrogens is 500 g/mol. The van der Waals surface area contributed by atoms with E-state index >= 15 is 0 Å². The zero-order chi connectivity index (χ0) is 26.9. The van der Waals surface area contributed by atoms with Crippen molar-refractivity contribution in [3.8, 4) is 5.69 Å². The van der Waals surface area contributed by atoms with Crippen LogP contribution >= 0.6 is 0 Å². The standard InChI is InChI=1S/C37H26N4/c1-3-13-24(14-4-1)37-38-23-32(39-37)41-31-22-12-10-20-29(31)34-33-28-19-9-11-21-30(28)40(25-15-5-2-6-16-25)35(33)26-17-7-8-18-27(26)36(34)41/h1-23,32,37,39H. The van der Waals surface area contributed by atoms with Gasteiger partial charge in [-0.2, -0.15) is 0 Å². The first kappa shape index (κ1) is 22.6. The average Bonchev–Trinajstić information content (AvgIpc) is 3.75. The van der Waals surface area contributed by atoms with Gasteiger partial charge in [0.1, 0.15) is 12.3 Å². The molecule has 0 fully saturated rings. The number of aromatic nitrogens is 2. The number of fused-ring (bicyclic) bond motifs is 10. The molecule has 4 heteroatoms. The number of benzene rings is 6. The van der Waals surface area contributed by atoms with E-state index in [1.54, 1.807) is 0 Å². The van der Waals surface area contributed by atoms with Gasteiger partial charge in [-0.1, -0.05) is 109 Å². The maximum Gasteiger partial charge on any atom is 0.127 e. The molecule has 0 bridgehead atoms. The Hall–Kier alpha value is -5.19. The number of rotatable bonds is 3. The Balaban J connectivity index is 1.45. The van der Waals surface area contributed by atoms with Crippen LogP contribution in [0.2, 0.25) is 0 Å². The summed E-state index contributed by atoms with van der Waals surface area (Å²) in [5.41, 5.74) is 7.25. The molecule has 0 saturated heterocycles. The number of nitrogens with one attached hydrogen (secondary N) is 1. The highest BCUT2D eigenvalue weighted by atomic mass is 15.3. The Labute approximate surface area is 236 Å². The Morgan fingerprint density at radius 2 is 1.05 bits per heavy atom. The molecule has 194 valence electrons. The molecule has 1 N–H and O–H groups in total. The van der Waals surface area contributed by atoms with E-state index in [0.29, 0.717) is 0 Å². The second-order valence-electron chi connectivity index (χ2n) is 10.8. The fourth-order valence-corrected chi connectivity index (χ4v) is 6.93. The molecule has 8 aromatic rings. The van der Waals surface area contributed by atoms with Gasteiger partial charge < -0.3 is 9.13 Å². The molecule has 0 radical (unpaired) electrons. The summed E-state index contributed by atoms with van der Waals surface area (Å²) in [6.45, 7) is 0. The molecule has 2 unspecified atom stereocenters. The van der Waals surface area contributed by atoms with Crippen molar-refractivity contribution in [3.05, 3.63) is 139 Å². The molecule has 3 heterocycles. The number of hydrogen-bond donors (Lipinski definition) is 1. The summed E-state index contributed by atoms with van der Waals surface area (Å²) >= 11 is 0. The predicted octanol–water partition coefficient (Wildman–Crippen LogP) is 8.92. The minimum Gasteiger partial charge on any atom is -0.318 e. The van der Waals surface area contributed by atoms with Crippen LogP contribution in [0.3, 0.4) is 0 Å². The van der Waals surface area contributed by atoms with Gasteiger partial charge in [-0.3, -0.25) is 10.3 Å². The lowest BCUT2D eigenvalue weighted by molar-refractivity contribution is 0.501. The largest absolute Gasteiger partial charge is 0.318 e. The maximum atomic E-state index is 4.93. The third-order valence-electron chi connectivity index (χ3n) is 8.59. The molecule has 41 heavy (non-hydrogen) atoms. The lowest BCUT2D eigenvalue weighted by atomic mass is 9.99. The van der Waals surface area contributed by atoms with Gasteiger partial charge in [-0.25, -0.2) is 0 Å². The lowest BCUT2D eigenvalue weighted by Crippen LogP contribution is -2.25. The van der Waals surface area contributed by atoms with Crippen LogP contribution in [0.5, 0.6) is 0 Å². The Morgan fingerprint density at radius 1 is 0.512 bits per heavy atom. The van der Waals surface area contributed by atoms with Crippen LogP contribution in [0.15, 0.2) is 138 Å². The van der Waals surface area contributed by atoms with Crippen molar-refractivity contribution in [2.75, 3.05) is 0 Å². The molecule has 0 spiro atoms. The summed E-state index contributed by atoms with van der Waals surface area (Å²) in [5, 5.41) is 11.4. The number of aliphatic imine (C=N–C) groups is 1. The summed E-state index contributed by atoms with van der Waals surface area (Å²) in [4.78, 5) is 4.93. The highest BCUT2D eigenvalue weighted by Crippen LogP contribution is 2.46. The summed E-state index contributed by atoms with van der Waals surface area (Å²) in [6, 6.07) is 47.8. The van der Waals surface area contributed by atoms with Crippen molar-refractivity contribution in [2.24, 2.45) is 4.99 Å². The quantitative estimate of drug-likeness (QED) is 0.245. The summed E-state index contributed by atoms with van der Waals surface area (Å²) in [5.74, 6) is 0. The first-order chi connectivity index (χ1) is 20.4. The first-order valence-corrected chi connectivity index (χ1v) is 14.1. The highest BCUT2D eigenvalue weighted by Gasteiger charge is 2.28. The Bertz CT molecular complexity index is 2290. The third-order valence-corrected chi connectivity index (χ3v) is 8.59. The van der Waals surface area contributed by atoms with E-state index in [9.17, 15) is 0 Å². The van der Waals surface area contributed by atoms with E-state index in [1.807, 2.05) is 0 Å². The smallest absolute Gasteiger partial charge is 0.127 e. The van der Waals surface area contributed by atoms with Crippen molar-refractivity contribution in [1.82, 2.24) is 14.5 Å². The van der Waals surface area contributed by atoms with Crippen molar-refractivity contribution in [1.29, 1.82) is 0 Å². The van der Waals surface area contributed by atoms with Crippen LogP contribution in [0.1, 0.15) is 17.9 Å². The summed E-state index contributed by atoms with van der Waals surface area (Å²) < 4.78 is 4.91. The van der Waals surface area contributed by atoms with Crippen LogP contribution < -0.4 is 5.32 Å². The summed E-state index contributed by atoms with van der Waals surface area (Å²) in [6.07, 6.45) is 1.92. The van der Waals surface area contributed by atoms with Crippen LogP contribution in [0, 0.1) is 0 Å². The van der Waals surface area contributed by atoms with E-state index in [0.717, 1.165) is 0 Å². The van der Waals surface area contributed by atoms with E-state index in [-0.39, 0.29) is 12.3 Å². The zero-order valence-electron chi connectivity index (χ0n) is 22.3. The Kier molecular flexibility index (Phi) is 4.77. The SMILES string of the molecule is C1=NC(c2ccccc2)NC1n1c2ccccc2c2c3c4ccccc4n(-c4ccccc4)c3c3ccccc3c21. The highest BCUT2D eigenvalue weighted by molar-refractivity contribution is 6.37. The van der Waals surface area contributed by atoms with Gasteiger partial charge in [0, 0.05) is 44.2 Å². The lowest BCUT2D eigenvalue weighted by Gasteiger charge is -2.19. The number of hydrogen-bond acceptors (Lipinski definition) is 2. The average molecular weight is 527 g/mol. The molecule has 0 aliphatic carbocycles. The molecule has 1 aliphatic rings. The number of para-hydroxylation sites is 3. The fraction of sp³-hybridized carbons (Fsp3) is 0.0541. The van der Waals surface area contributed by atoms with Gasteiger partial charge >= 0.3 is 0 Å². The van der Waals surface area contributed by atoms with Gasteiger partial charge in [-0.15, -0.1) is 0 Å². The third kappa shape index (κ3) is 3.17. The topological polar surface area (TPSA) is 34.2 Å². The van der Waals surface area contributed by atoms with Crippen LogP contribution in [0.25, 0.3) is 60.1 Å². The second kappa shape index (κ2) is 8.65. The monoisotopic (exact) mass is 526 g/mol. The molecule has 6 aromatic carbocycles. The minimum absolute atomic E-state index is 0.0765. The molecule has 2 aromatic heterocycles.